The number of nitrogens with zero attached hydrogens (tertiary/aromatic N) is 3. The molecule has 0 radical (unpaired) electrons. The number of morpholine rings is 1. The molecule has 0 atom stereocenters. The maximum atomic E-state index is 13.0. The molecule has 4 rings (SSSR count). The van der Waals surface area contributed by atoms with Gasteiger partial charge >= 0.3 is 6.18 Å². The van der Waals surface area contributed by atoms with E-state index in [4.69, 9.17) is 4.74 Å². The Bertz CT molecular complexity index is 1070. The molecule has 3 aromatic rings. The van der Waals surface area contributed by atoms with Gasteiger partial charge < -0.3 is 15.0 Å². The summed E-state index contributed by atoms with van der Waals surface area (Å²) in [5.41, 5.74) is 2.06. The third kappa shape index (κ3) is 4.51. The quantitative estimate of drug-likeness (QED) is 0.668. The van der Waals surface area contributed by atoms with Crippen LogP contribution in [0.2, 0.25) is 0 Å². The molecule has 0 spiro atoms. The number of pyridine rings is 1. The second kappa shape index (κ2) is 8.58. The summed E-state index contributed by atoms with van der Waals surface area (Å²) in [6, 6.07) is 9.84. The van der Waals surface area contributed by atoms with Crippen LogP contribution in [0.4, 0.5) is 18.9 Å². The van der Waals surface area contributed by atoms with Crippen LogP contribution in [0.3, 0.4) is 0 Å². The number of anilines is 1. The molecule has 0 bridgehead atoms. The Labute approximate surface area is 177 Å². The Morgan fingerprint density at radius 3 is 2.52 bits per heavy atom. The second-order valence-corrected chi connectivity index (χ2v) is 7.35. The molecule has 1 fully saturated rings. The lowest BCUT2D eigenvalue weighted by Gasteiger charge is -2.28. The highest BCUT2D eigenvalue weighted by Crippen LogP contribution is 2.30. The number of aromatic nitrogens is 2. The first kappa shape index (κ1) is 21.2. The van der Waals surface area contributed by atoms with Crippen LogP contribution in [0.5, 0.6) is 0 Å². The molecule has 31 heavy (non-hydrogen) atoms. The molecule has 9 heteroatoms. The first-order valence-corrected chi connectivity index (χ1v) is 10.1. The second-order valence-electron chi connectivity index (χ2n) is 7.35. The molecule has 0 saturated carbocycles. The minimum absolute atomic E-state index is 0.103. The van der Waals surface area contributed by atoms with Crippen molar-refractivity contribution in [2.75, 3.05) is 31.2 Å². The number of carbonyl (C=O) groups excluding carboxylic acids is 1. The smallest absolute Gasteiger partial charge is 0.378 e. The highest BCUT2D eigenvalue weighted by atomic mass is 19.4. The molecule has 1 saturated heterocycles. The number of amides is 1. The molecule has 1 aliphatic heterocycles. The number of ether oxygens (including phenoxy) is 1. The number of fused-ring (bicyclic) bond motifs is 1. The lowest BCUT2D eigenvalue weighted by Crippen LogP contribution is -2.36. The molecule has 0 aliphatic carbocycles. The Kier molecular flexibility index (Phi) is 5.86. The van der Waals surface area contributed by atoms with Gasteiger partial charge in [-0.15, -0.1) is 0 Å². The van der Waals surface area contributed by atoms with Crippen LogP contribution in [0.25, 0.3) is 5.65 Å². The molecule has 2 aromatic heterocycles. The number of carbonyl (C=O) groups is 1. The fourth-order valence-electron chi connectivity index (χ4n) is 3.67. The average Bonchev–Trinajstić information content (AvgIpc) is 3.16. The van der Waals surface area contributed by atoms with Crippen molar-refractivity contribution in [1.29, 1.82) is 0 Å². The molecule has 3 heterocycles. The van der Waals surface area contributed by atoms with Gasteiger partial charge in [-0.3, -0.25) is 9.20 Å². The fraction of sp³-hybridized carbons (Fsp3) is 0.364. The Morgan fingerprint density at radius 1 is 1.16 bits per heavy atom. The number of halogens is 3. The number of hydrogen-bond donors (Lipinski definition) is 1. The van der Waals surface area contributed by atoms with Crippen LogP contribution in [0.15, 0.2) is 42.6 Å². The Balaban J connectivity index is 1.49. The van der Waals surface area contributed by atoms with Crippen LogP contribution >= 0.6 is 0 Å². The van der Waals surface area contributed by atoms with Crippen LogP contribution in [-0.2, 0) is 23.9 Å². The van der Waals surface area contributed by atoms with Crippen molar-refractivity contribution in [2.24, 2.45) is 0 Å². The first-order valence-electron chi connectivity index (χ1n) is 10.1. The maximum Gasteiger partial charge on any atom is 0.416 e. The third-order valence-corrected chi connectivity index (χ3v) is 5.34. The summed E-state index contributed by atoms with van der Waals surface area (Å²) in [4.78, 5) is 19.3. The van der Waals surface area contributed by atoms with Crippen LogP contribution in [0, 0.1) is 0 Å². The lowest BCUT2D eigenvalue weighted by molar-refractivity contribution is -0.137. The van der Waals surface area contributed by atoms with Gasteiger partial charge in [-0.05, 0) is 36.2 Å². The average molecular weight is 432 g/mol. The third-order valence-electron chi connectivity index (χ3n) is 5.34. The summed E-state index contributed by atoms with van der Waals surface area (Å²) in [6.07, 6.45) is -2.79. The van der Waals surface area contributed by atoms with E-state index < -0.39 is 11.7 Å². The largest absolute Gasteiger partial charge is 0.416 e. The molecule has 1 aliphatic rings. The van der Waals surface area contributed by atoms with Gasteiger partial charge in [-0.2, -0.15) is 13.2 Å². The monoisotopic (exact) mass is 432 g/mol. The highest BCUT2D eigenvalue weighted by Gasteiger charge is 2.31. The van der Waals surface area contributed by atoms with Crippen molar-refractivity contribution >= 4 is 17.2 Å². The number of imidazole rings is 1. The van der Waals surface area contributed by atoms with Gasteiger partial charge in [0.25, 0.3) is 5.91 Å². The number of hydrogen-bond acceptors (Lipinski definition) is 4. The van der Waals surface area contributed by atoms with Gasteiger partial charge in [0.05, 0.1) is 24.5 Å². The van der Waals surface area contributed by atoms with Crippen LogP contribution in [0.1, 0.15) is 34.2 Å². The summed E-state index contributed by atoms with van der Waals surface area (Å²) in [5, 5.41) is 2.86. The maximum absolute atomic E-state index is 13.0. The van der Waals surface area contributed by atoms with Crippen molar-refractivity contribution < 1.29 is 22.7 Å². The van der Waals surface area contributed by atoms with Gasteiger partial charge in [0, 0.05) is 31.5 Å². The molecule has 1 N–H and O–H groups in total. The van der Waals surface area contributed by atoms with E-state index in [9.17, 15) is 18.0 Å². The molecule has 1 amide bonds. The van der Waals surface area contributed by atoms with E-state index in [0.717, 1.165) is 36.5 Å². The predicted molar refractivity (Wildman–Crippen MR) is 110 cm³/mol. The van der Waals surface area contributed by atoms with Gasteiger partial charge in [-0.25, -0.2) is 4.98 Å². The zero-order valence-electron chi connectivity index (χ0n) is 17.1. The van der Waals surface area contributed by atoms with Gasteiger partial charge in [0.1, 0.15) is 11.3 Å². The molecule has 1 aromatic carbocycles. The van der Waals surface area contributed by atoms with Crippen molar-refractivity contribution in [1.82, 2.24) is 14.7 Å². The summed E-state index contributed by atoms with van der Waals surface area (Å²) in [5.74, 6) is -0.374. The Hall–Kier alpha value is -3.07. The van der Waals surface area contributed by atoms with Gasteiger partial charge in [0.2, 0.25) is 0 Å². The number of benzene rings is 1. The zero-order valence-corrected chi connectivity index (χ0v) is 17.1. The topological polar surface area (TPSA) is 58.9 Å². The highest BCUT2D eigenvalue weighted by molar-refractivity contribution is 5.94. The minimum atomic E-state index is -4.46. The van der Waals surface area contributed by atoms with Crippen molar-refractivity contribution in [2.45, 2.75) is 26.1 Å². The fourth-order valence-corrected chi connectivity index (χ4v) is 3.67. The van der Waals surface area contributed by atoms with E-state index in [1.165, 1.54) is 10.6 Å². The van der Waals surface area contributed by atoms with Gasteiger partial charge in [-0.1, -0.05) is 19.1 Å². The van der Waals surface area contributed by atoms with Crippen molar-refractivity contribution in [3.63, 3.8) is 0 Å². The molecule has 6 nitrogen and oxygen atoms in total. The Morgan fingerprint density at radius 2 is 1.87 bits per heavy atom. The molecule has 0 unspecified atom stereocenters. The summed E-state index contributed by atoms with van der Waals surface area (Å²) >= 11 is 0. The SMILES string of the molecule is CCc1nc2cc(C(F)(F)F)ccn2c1C(=O)NCc1ccc(N2CCOCC2)cc1. The van der Waals surface area contributed by atoms with Crippen molar-refractivity contribution in [3.05, 3.63) is 65.1 Å². The zero-order chi connectivity index (χ0) is 22.0. The van der Waals surface area contributed by atoms with E-state index in [0.29, 0.717) is 31.9 Å². The molecule has 164 valence electrons. The van der Waals surface area contributed by atoms with E-state index in [2.05, 4.69) is 15.2 Å². The number of aryl methyl sites for hydroxylation is 1. The summed E-state index contributed by atoms with van der Waals surface area (Å²) in [7, 11) is 0. The van der Waals surface area contributed by atoms with E-state index in [1.807, 2.05) is 31.2 Å². The number of nitrogens with one attached hydrogen (secondary N) is 1. The summed E-state index contributed by atoms with van der Waals surface area (Å²) in [6.45, 7) is 5.23. The minimum Gasteiger partial charge on any atom is -0.378 e. The summed E-state index contributed by atoms with van der Waals surface area (Å²) < 4.78 is 45.8. The predicted octanol–water partition coefficient (Wildman–Crippen LogP) is 3.68. The normalized spacial score (nSPS) is 14.8. The first-order chi connectivity index (χ1) is 14.9. The standard InChI is InChI=1S/C22H23F3N4O2/c1-2-18-20(29-8-7-16(22(23,24)25)13-19(29)27-18)21(30)26-14-15-3-5-17(6-4-15)28-9-11-31-12-10-28/h3-8,13H,2,9-12,14H2,1H3,(H,26,30). The lowest BCUT2D eigenvalue weighted by atomic mass is 10.1. The molecular formula is C22H23F3N4O2. The van der Waals surface area contributed by atoms with E-state index >= 15 is 0 Å². The van der Waals surface area contributed by atoms with E-state index in [1.54, 1.807) is 0 Å². The van der Waals surface area contributed by atoms with Gasteiger partial charge in [0.15, 0.2) is 0 Å². The van der Waals surface area contributed by atoms with E-state index in [-0.39, 0.29) is 17.2 Å². The number of rotatable bonds is 5. The molecular weight excluding hydrogens is 409 g/mol. The van der Waals surface area contributed by atoms with Crippen molar-refractivity contribution in [3.8, 4) is 0 Å². The van der Waals surface area contributed by atoms with Crippen LogP contribution < -0.4 is 10.2 Å². The van der Waals surface area contributed by atoms with Crippen LogP contribution in [-0.4, -0.2) is 41.6 Å². The number of alkyl halides is 3.